The average Bonchev–Trinajstić information content (AvgIpc) is 2.43. The smallest absolute Gasteiger partial charge is 0.243 e. The predicted octanol–water partition coefficient (Wildman–Crippen LogP) is -0.156. The lowest BCUT2D eigenvalue weighted by atomic mass is 10.1. The van der Waals surface area contributed by atoms with Crippen LogP contribution < -0.4 is 11.1 Å². The van der Waals surface area contributed by atoms with Gasteiger partial charge in [-0.15, -0.1) is 0 Å². The number of imide groups is 1. The van der Waals surface area contributed by atoms with E-state index in [1.165, 1.54) is 0 Å². The third-order valence-electron chi connectivity index (χ3n) is 3.25. The van der Waals surface area contributed by atoms with E-state index in [9.17, 15) is 9.59 Å². The molecular formula is C15H17N3O2. The molecule has 5 heteroatoms. The average molecular weight is 271 g/mol. The molecule has 1 aliphatic heterocycles. The Morgan fingerprint density at radius 3 is 2.90 bits per heavy atom. The topological polar surface area (TPSA) is 75.4 Å². The summed E-state index contributed by atoms with van der Waals surface area (Å²) in [4.78, 5) is 24.9. The number of carbonyl (C=O) groups is 2. The summed E-state index contributed by atoms with van der Waals surface area (Å²) in [5.74, 6) is 5.31. The molecule has 0 saturated carbocycles. The van der Waals surface area contributed by atoms with Crippen LogP contribution in [-0.2, 0) is 16.1 Å². The van der Waals surface area contributed by atoms with Crippen molar-refractivity contribution in [3.05, 3.63) is 35.4 Å². The fraction of sp³-hybridized carbons (Fsp3) is 0.333. The fourth-order valence-electron chi connectivity index (χ4n) is 2.11. The molecule has 2 amide bonds. The van der Waals surface area contributed by atoms with Crippen molar-refractivity contribution < 1.29 is 9.59 Å². The molecule has 1 aromatic rings. The molecule has 0 radical (unpaired) electrons. The van der Waals surface area contributed by atoms with Crippen molar-refractivity contribution >= 4 is 11.8 Å². The van der Waals surface area contributed by atoms with Crippen molar-refractivity contribution in [2.75, 3.05) is 13.1 Å². The van der Waals surface area contributed by atoms with Crippen molar-refractivity contribution in [2.24, 2.45) is 5.73 Å². The van der Waals surface area contributed by atoms with Crippen molar-refractivity contribution in [2.45, 2.75) is 19.5 Å². The van der Waals surface area contributed by atoms with Crippen molar-refractivity contribution in [3.8, 4) is 11.8 Å². The van der Waals surface area contributed by atoms with Crippen LogP contribution in [0, 0.1) is 11.8 Å². The Kier molecular flexibility index (Phi) is 4.51. The second-order valence-corrected chi connectivity index (χ2v) is 4.66. The maximum absolute atomic E-state index is 11.6. The molecule has 1 unspecified atom stereocenters. The van der Waals surface area contributed by atoms with E-state index in [0.29, 0.717) is 13.1 Å². The minimum absolute atomic E-state index is 0.214. The van der Waals surface area contributed by atoms with Gasteiger partial charge in [0.15, 0.2) is 0 Å². The van der Waals surface area contributed by atoms with E-state index in [-0.39, 0.29) is 24.4 Å². The zero-order valence-electron chi connectivity index (χ0n) is 11.3. The van der Waals surface area contributed by atoms with E-state index in [4.69, 9.17) is 5.73 Å². The molecule has 1 aliphatic rings. The van der Waals surface area contributed by atoms with Crippen LogP contribution in [-0.4, -0.2) is 35.8 Å². The van der Waals surface area contributed by atoms with E-state index in [1.54, 1.807) is 6.92 Å². The van der Waals surface area contributed by atoms with Gasteiger partial charge in [-0.05, 0) is 18.6 Å². The summed E-state index contributed by atoms with van der Waals surface area (Å²) in [6, 6.07) is 7.35. The molecule has 1 aromatic carbocycles. The lowest BCUT2D eigenvalue weighted by Crippen LogP contribution is -2.56. The van der Waals surface area contributed by atoms with Gasteiger partial charge in [0.05, 0.1) is 19.1 Å². The number of carbonyl (C=O) groups excluding carboxylic acids is 2. The Morgan fingerprint density at radius 2 is 2.15 bits per heavy atom. The number of benzene rings is 1. The van der Waals surface area contributed by atoms with Crippen LogP contribution >= 0.6 is 0 Å². The number of rotatable bonds is 2. The number of hydrogen-bond acceptors (Lipinski definition) is 4. The molecule has 3 N–H and O–H groups in total. The molecule has 20 heavy (non-hydrogen) atoms. The summed E-state index contributed by atoms with van der Waals surface area (Å²) in [7, 11) is 0. The highest BCUT2D eigenvalue weighted by atomic mass is 16.2. The molecule has 0 aromatic heterocycles. The first-order valence-electron chi connectivity index (χ1n) is 6.46. The molecule has 1 heterocycles. The van der Waals surface area contributed by atoms with Gasteiger partial charge in [0.1, 0.15) is 0 Å². The maximum Gasteiger partial charge on any atom is 0.243 e. The number of hydrogen-bond donors (Lipinski definition) is 2. The van der Waals surface area contributed by atoms with E-state index >= 15 is 0 Å². The Bertz CT molecular complexity index is 586. The summed E-state index contributed by atoms with van der Waals surface area (Å²) in [6.45, 7) is 2.81. The lowest BCUT2D eigenvalue weighted by Gasteiger charge is -2.31. The SMILES string of the molecule is CC1C(=O)NC(=O)CN1Cc1ccccc1C#CCN. The summed E-state index contributed by atoms with van der Waals surface area (Å²) < 4.78 is 0. The van der Waals surface area contributed by atoms with Crippen LogP contribution in [0.3, 0.4) is 0 Å². The van der Waals surface area contributed by atoms with Gasteiger partial charge < -0.3 is 5.73 Å². The van der Waals surface area contributed by atoms with Crippen LogP contribution in [0.4, 0.5) is 0 Å². The molecule has 104 valence electrons. The molecule has 1 saturated heterocycles. The van der Waals surface area contributed by atoms with Gasteiger partial charge in [-0.2, -0.15) is 0 Å². The third kappa shape index (κ3) is 3.23. The van der Waals surface area contributed by atoms with Gasteiger partial charge in [-0.1, -0.05) is 30.0 Å². The maximum atomic E-state index is 11.6. The zero-order valence-corrected chi connectivity index (χ0v) is 11.3. The van der Waals surface area contributed by atoms with Crippen LogP contribution in [0.1, 0.15) is 18.1 Å². The number of nitrogens with zero attached hydrogens (tertiary/aromatic N) is 1. The Labute approximate surface area is 118 Å². The van der Waals surface area contributed by atoms with Gasteiger partial charge in [0.25, 0.3) is 0 Å². The van der Waals surface area contributed by atoms with Crippen LogP contribution in [0.25, 0.3) is 0 Å². The Balaban J connectivity index is 2.21. The second-order valence-electron chi connectivity index (χ2n) is 4.66. The van der Waals surface area contributed by atoms with Crippen LogP contribution in [0.5, 0.6) is 0 Å². The highest BCUT2D eigenvalue weighted by molar-refractivity contribution is 6.00. The highest BCUT2D eigenvalue weighted by Crippen LogP contribution is 2.14. The summed E-state index contributed by atoms with van der Waals surface area (Å²) in [5.41, 5.74) is 7.25. The van der Waals surface area contributed by atoms with Crippen molar-refractivity contribution in [1.82, 2.24) is 10.2 Å². The molecule has 0 bridgehead atoms. The lowest BCUT2D eigenvalue weighted by molar-refractivity contribution is -0.139. The molecule has 1 fully saturated rings. The zero-order chi connectivity index (χ0) is 14.5. The van der Waals surface area contributed by atoms with Gasteiger partial charge >= 0.3 is 0 Å². The standard InChI is InChI=1S/C15H17N3O2/c1-11-15(20)17-14(19)10-18(11)9-13-6-3-2-5-12(13)7-4-8-16/h2-3,5-6,11H,8-10,16H2,1H3,(H,17,19,20). The first-order valence-corrected chi connectivity index (χ1v) is 6.46. The van der Waals surface area contributed by atoms with E-state index < -0.39 is 0 Å². The van der Waals surface area contributed by atoms with Crippen molar-refractivity contribution in [1.29, 1.82) is 0 Å². The largest absolute Gasteiger partial charge is 0.320 e. The minimum Gasteiger partial charge on any atom is -0.320 e. The first-order chi connectivity index (χ1) is 9.61. The van der Waals surface area contributed by atoms with Crippen LogP contribution in [0.2, 0.25) is 0 Å². The van der Waals surface area contributed by atoms with Gasteiger partial charge in [0.2, 0.25) is 11.8 Å². The predicted molar refractivity (Wildman–Crippen MR) is 75.4 cm³/mol. The van der Waals surface area contributed by atoms with Gasteiger partial charge in [-0.3, -0.25) is 19.8 Å². The fourth-order valence-corrected chi connectivity index (χ4v) is 2.11. The van der Waals surface area contributed by atoms with Gasteiger partial charge in [0, 0.05) is 12.1 Å². The molecular weight excluding hydrogens is 254 g/mol. The first kappa shape index (κ1) is 14.3. The number of amides is 2. The molecule has 1 atom stereocenters. The van der Waals surface area contributed by atoms with Gasteiger partial charge in [-0.25, -0.2) is 0 Å². The highest BCUT2D eigenvalue weighted by Gasteiger charge is 2.30. The quantitative estimate of drug-likeness (QED) is 0.579. The summed E-state index contributed by atoms with van der Waals surface area (Å²) in [6.07, 6.45) is 0. The minimum atomic E-state index is -0.330. The molecule has 5 nitrogen and oxygen atoms in total. The number of piperazine rings is 1. The monoisotopic (exact) mass is 271 g/mol. The van der Waals surface area contributed by atoms with Crippen LogP contribution in [0.15, 0.2) is 24.3 Å². The van der Waals surface area contributed by atoms with E-state index in [1.807, 2.05) is 29.2 Å². The Hall–Kier alpha value is -2.16. The number of nitrogens with two attached hydrogens (primary N) is 1. The van der Waals surface area contributed by atoms with E-state index in [2.05, 4.69) is 17.2 Å². The summed E-state index contributed by atoms with van der Waals surface area (Å²) in [5, 5.41) is 2.33. The second kappa shape index (κ2) is 6.33. The normalized spacial score (nSPS) is 19.2. The number of nitrogens with one attached hydrogen (secondary N) is 1. The third-order valence-corrected chi connectivity index (χ3v) is 3.25. The molecule has 0 aliphatic carbocycles. The molecule has 0 spiro atoms. The van der Waals surface area contributed by atoms with E-state index in [0.717, 1.165) is 11.1 Å². The van der Waals surface area contributed by atoms with Crippen molar-refractivity contribution in [3.63, 3.8) is 0 Å². The molecule has 2 rings (SSSR count). The summed E-state index contributed by atoms with van der Waals surface area (Å²) >= 11 is 0. The Morgan fingerprint density at radius 1 is 1.40 bits per heavy atom.